The highest BCUT2D eigenvalue weighted by molar-refractivity contribution is 5.80. The van der Waals surface area contributed by atoms with E-state index in [9.17, 15) is 0 Å². The van der Waals surface area contributed by atoms with Gasteiger partial charge in [-0.15, -0.1) is 0 Å². The fourth-order valence-electron chi connectivity index (χ4n) is 3.36. The Bertz CT molecular complexity index is 405. The van der Waals surface area contributed by atoms with Crippen LogP contribution < -0.4 is 10.6 Å². The number of aliphatic imine (C=N–C) groups is 1. The fraction of sp³-hybridized carbons (Fsp3) is 0.952. The minimum atomic E-state index is 0.385. The first-order chi connectivity index (χ1) is 12.1. The molecule has 1 heterocycles. The number of nitrogens with zero attached hydrogens (tertiary/aromatic N) is 3. The van der Waals surface area contributed by atoms with Crippen LogP contribution in [0.4, 0.5) is 0 Å². The summed E-state index contributed by atoms with van der Waals surface area (Å²) in [6.07, 6.45) is 2.39. The monoisotopic (exact) mass is 367 g/mol. The van der Waals surface area contributed by atoms with E-state index in [0.717, 1.165) is 45.2 Å². The molecule has 0 saturated carbocycles. The Morgan fingerprint density at radius 3 is 2.19 bits per heavy atom. The largest absolute Gasteiger partial charge is 0.357 e. The van der Waals surface area contributed by atoms with E-state index in [1.807, 2.05) is 0 Å². The smallest absolute Gasteiger partial charge is 0.191 e. The maximum atomic E-state index is 4.95. The van der Waals surface area contributed by atoms with E-state index in [-0.39, 0.29) is 0 Å². The molecule has 0 aromatic heterocycles. The van der Waals surface area contributed by atoms with Gasteiger partial charge in [-0.05, 0) is 45.1 Å². The molecular formula is C21H45N5. The zero-order valence-electron chi connectivity index (χ0n) is 18.7. The lowest BCUT2D eigenvalue weighted by Gasteiger charge is -2.39. The molecule has 0 radical (unpaired) electrons. The molecule has 1 aliphatic rings. The molecule has 0 aliphatic carbocycles. The summed E-state index contributed by atoms with van der Waals surface area (Å²) in [6.45, 7) is 22.4. The summed E-state index contributed by atoms with van der Waals surface area (Å²) >= 11 is 0. The summed E-state index contributed by atoms with van der Waals surface area (Å²) in [7, 11) is 2.21. The van der Waals surface area contributed by atoms with Gasteiger partial charge in [0, 0.05) is 44.8 Å². The van der Waals surface area contributed by atoms with Crippen LogP contribution in [-0.4, -0.2) is 74.2 Å². The molecule has 0 amide bonds. The Balaban J connectivity index is 2.63. The van der Waals surface area contributed by atoms with E-state index in [1.165, 1.54) is 12.8 Å². The minimum absolute atomic E-state index is 0.385. The van der Waals surface area contributed by atoms with Crippen molar-refractivity contribution in [1.29, 1.82) is 0 Å². The van der Waals surface area contributed by atoms with Crippen molar-refractivity contribution < 1.29 is 0 Å². The average molecular weight is 368 g/mol. The first-order valence-corrected chi connectivity index (χ1v) is 10.6. The van der Waals surface area contributed by atoms with Gasteiger partial charge in [0.1, 0.15) is 0 Å². The maximum absolute atomic E-state index is 4.95. The van der Waals surface area contributed by atoms with Gasteiger partial charge in [-0.3, -0.25) is 9.89 Å². The molecule has 5 heteroatoms. The molecular weight excluding hydrogens is 322 g/mol. The number of piperazine rings is 1. The molecule has 1 saturated heterocycles. The number of nitrogens with one attached hydrogen (secondary N) is 2. The van der Waals surface area contributed by atoms with Crippen molar-refractivity contribution in [3.63, 3.8) is 0 Å². The first-order valence-electron chi connectivity index (χ1n) is 10.6. The van der Waals surface area contributed by atoms with Gasteiger partial charge >= 0.3 is 0 Å². The van der Waals surface area contributed by atoms with Gasteiger partial charge in [0.05, 0.1) is 6.54 Å². The molecule has 1 rings (SSSR count). The van der Waals surface area contributed by atoms with Crippen LogP contribution >= 0.6 is 0 Å². The lowest BCUT2D eigenvalue weighted by atomic mass is 9.89. The summed E-state index contributed by atoms with van der Waals surface area (Å²) in [5, 5.41) is 7.03. The maximum Gasteiger partial charge on any atom is 0.191 e. The first kappa shape index (κ1) is 23.2. The number of rotatable bonds is 8. The third-order valence-electron chi connectivity index (χ3n) is 5.27. The standard InChI is InChI=1S/C21H45N5/c1-9-22-20(24-18(4)10-11-21(5,6)7)23-16-19(17(2)3)26-14-12-25(8)13-15-26/h17-19H,9-16H2,1-8H3,(H2,22,23,24). The second-order valence-corrected chi connectivity index (χ2v) is 9.51. The highest BCUT2D eigenvalue weighted by Gasteiger charge is 2.25. The van der Waals surface area contributed by atoms with Crippen LogP contribution in [-0.2, 0) is 0 Å². The van der Waals surface area contributed by atoms with Crippen molar-refractivity contribution in [3.05, 3.63) is 0 Å². The van der Waals surface area contributed by atoms with Crippen molar-refractivity contribution in [1.82, 2.24) is 20.4 Å². The third-order valence-corrected chi connectivity index (χ3v) is 5.27. The number of hydrogen-bond acceptors (Lipinski definition) is 3. The van der Waals surface area contributed by atoms with E-state index >= 15 is 0 Å². The summed E-state index contributed by atoms with van der Waals surface area (Å²) in [5.74, 6) is 1.58. The van der Waals surface area contributed by atoms with Gasteiger partial charge in [0.2, 0.25) is 0 Å². The van der Waals surface area contributed by atoms with Gasteiger partial charge in [0.15, 0.2) is 5.96 Å². The average Bonchev–Trinajstić information content (AvgIpc) is 2.54. The summed E-state index contributed by atoms with van der Waals surface area (Å²) in [4.78, 5) is 9.99. The SMILES string of the molecule is CCNC(=NCC(C(C)C)N1CCN(C)CC1)NC(C)CCC(C)(C)C. The van der Waals surface area contributed by atoms with Crippen LogP contribution in [0, 0.1) is 11.3 Å². The predicted molar refractivity (Wildman–Crippen MR) is 115 cm³/mol. The Kier molecular flexibility index (Phi) is 9.94. The number of guanidine groups is 1. The summed E-state index contributed by atoms with van der Waals surface area (Å²) < 4.78 is 0. The lowest BCUT2D eigenvalue weighted by molar-refractivity contribution is 0.0925. The molecule has 0 aromatic carbocycles. The van der Waals surface area contributed by atoms with E-state index in [1.54, 1.807) is 0 Å². The van der Waals surface area contributed by atoms with Crippen molar-refractivity contribution in [3.8, 4) is 0 Å². The highest BCUT2D eigenvalue weighted by atomic mass is 15.3. The molecule has 154 valence electrons. The Morgan fingerprint density at radius 1 is 1.08 bits per heavy atom. The van der Waals surface area contributed by atoms with E-state index in [0.29, 0.717) is 23.4 Å². The fourth-order valence-corrected chi connectivity index (χ4v) is 3.36. The van der Waals surface area contributed by atoms with Crippen LogP contribution in [0.3, 0.4) is 0 Å². The zero-order chi connectivity index (χ0) is 19.7. The van der Waals surface area contributed by atoms with E-state index < -0.39 is 0 Å². The molecule has 0 spiro atoms. The molecule has 0 bridgehead atoms. The predicted octanol–water partition coefficient (Wildman–Crippen LogP) is 3.03. The quantitative estimate of drug-likeness (QED) is 0.511. The van der Waals surface area contributed by atoms with Crippen LogP contribution in [0.5, 0.6) is 0 Å². The number of likely N-dealkylation sites (N-methyl/N-ethyl adjacent to an activating group) is 1. The molecule has 0 aromatic rings. The van der Waals surface area contributed by atoms with Crippen LogP contribution in [0.25, 0.3) is 0 Å². The molecule has 2 unspecified atom stereocenters. The molecule has 2 atom stereocenters. The van der Waals surface area contributed by atoms with Gasteiger partial charge in [-0.2, -0.15) is 0 Å². The highest BCUT2D eigenvalue weighted by Crippen LogP contribution is 2.21. The Labute approximate surface area is 163 Å². The topological polar surface area (TPSA) is 42.9 Å². The van der Waals surface area contributed by atoms with Crippen LogP contribution in [0.1, 0.15) is 61.3 Å². The number of hydrogen-bond donors (Lipinski definition) is 2. The zero-order valence-corrected chi connectivity index (χ0v) is 18.7. The van der Waals surface area contributed by atoms with Crippen molar-refractivity contribution in [2.24, 2.45) is 16.3 Å². The Morgan fingerprint density at radius 2 is 1.69 bits per heavy atom. The second-order valence-electron chi connectivity index (χ2n) is 9.51. The van der Waals surface area contributed by atoms with Crippen molar-refractivity contribution >= 4 is 5.96 Å². The van der Waals surface area contributed by atoms with Gasteiger partial charge in [-0.25, -0.2) is 0 Å². The van der Waals surface area contributed by atoms with E-state index in [2.05, 4.69) is 75.9 Å². The molecule has 26 heavy (non-hydrogen) atoms. The summed E-state index contributed by atoms with van der Waals surface area (Å²) in [6, 6.07) is 0.956. The van der Waals surface area contributed by atoms with Gasteiger partial charge in [0.25, 0.3) is 0 Å². The second kappa shape index (κ2) is 11.1. The van der Waals surface area contributed by atoms with Crippen LogP contribution in [0.2, 0.25) is 0 Å². The summed E-state index contributed by atoms with van der Waals surface area (Å²) in [5.41, 5.74) is 0.385. The lowest BCUT2D eigenvalue weighted by Crippen LogP contribution is -2.52. The van der Waals surface area contributed by atoms with Crippen LogP contribution in [0.15, 0.2) is 4.99 Å². The molecule has 5 nitrogen and oxygen atoms in total. The molecule has 2 N–H and O–H groups in total. The van der Waals surface area contributed by atoms with Crippen molar-refractivity contribution in [2.45, 2.75) is 73.4 Å². The normalized spacial score (nSPS) is 20.3. The Hall–Kier alpha value is -0.810. The molecule has 1 fully saturated rings. The molecule has 1 aliphatic heterocycles. The third kappa shape index (κ3) is 9.22. The minimum Gasteiger partial charge on any atom is -0.357 e. The van der Waals surface area contributed by atoms with Gasteiger partial charge in [-0.1, -0.05) is 34.6 Å². The van der Waals surface area contributed by atoms with E-state index in [4.69, 9.17) is 4.99 Å². The van der Waals surface area contributed by atoms with Gasteiger partial charge < -0.3 is 15.5 Å². The van der Waals surface area contributed by atoms with Crippen molar-refractivity contribution in [2.75, 3.05) is 46.3 Å².